The number of esters is 1. The second kappa shape index (κ2) is 9.35. The molecule has 160 valence electrons. The summed E-state index contributed by atoms with van der Waals surface area (Å²) in [5, 5.41) is 10.6. The quantitative estimate of drug-likeness (QED) is 0.285. The van der Waals surface area contributed by atoms with Gasteiger partial charge in [0.1, 0.15) is 11.6 Å². The van der Waals surface area contributed by atoms with E-state index in [4.69, 9.17) is 4.74 Å². The molecule has 4 rings (SSSR count). The van der Waals surface area contributed by atoms with Gasteiger partial charge in [0.05, 0.1) is 28.8 Å². The van der Waals surface area contributed by atoms with Crippen LogP contribution in [-0.2, 0) is 4.74 Å². The molecule has 0 aliphatic heterocycles. The molecular weight excluding hydrogens is 519 g/mol. The molecule has 1 N–H and O–H groups in total. The summed E-state index contributed by atoms with van der Waals surface area (Å²) in [6.45, 7) is 2.03. The molecule has 0 bridgehead atoms. The predicted octanol–water partition coefficient (Wildman–Crippen LogP) is 5.04. The second-order valence-corrected chi connectivity index (χ2v) is 8.18. The van der Waals surface area contributed by atoms with Gasteiger partial charge in [0.15, 0.2) is 0 Å². The molecule has 0 saturated carbocycles. The molecule has 0 saturated heterocycles. The van der Waals surface area contributed by atoms with Gasteiger partial charge in [-0.25, -0.2) is 9.78 Å². The van der Waals surface area contributed by atoms with Crippen LogP contribution in [0, 0.1) is 3.57 Å². The first-order valence-electron chi connectivity index (χ1n) is 9.94. The molecule has 1 aromatic heterocycles. The number of halogens is 1. The predicted molar refractivity (Wildman–Crippen MR) is 133 cm³/mol. The van der Waals surface area contributed by atoms with Crippen LogP contribution in [0.1, 0.15) is 28.7 Å². The van der Waals surface area contributed by atoms with E-state index in [0.717, 1.165) is 3.57 Å². The number of aromatic nitrogens is 2. The summed E-state index contributed by atoms with van der Waals surface area (Å²) in [6, 6.07) is 19.0. The molecule has 0 amide bonds. The van der Waals surface area contributed by atoms with Gasteiger partial charge in [-0.15, -0.1) is 0 Å². The van der Waals surface area contributed by atoms with Crippen molar-refractivity contribution in [3.05, 3.63) is 97.6 Å². The first-order chi connectivity index (χ1) is 15.5. The number of carbonyl (C=O) groups excluding carboxylic acids is 1. The maximum absolute atomic E-state index is 13.4. The third kappa shape index (κ3) is 4.43. The van der Waals surface area contributed by atoms with Crippen LogP contribution >= 0.6 is 22.6 Å². The van der Waals surface area contributed by atoms with Gasteiger partial charge >= 0.3 is 5.97 Å². The molecule has 0 spiro atoms. The van der Waals surface area contributed by atoms with Crippen molar-refractivity contribution in [2.45, 2.75) is 6.92 Å². The van der Waals surface area contributed by atoms with E-state index in [2.05, 4.69) is 27.6 Å². The Bertz CT molecular complexity index is 1390. The van der Waals surface area contributed by atoms with Crippen LogP contribution in [-0.4, -0.2) is 27.2 Å². The van der Waals surface area contributed by atoms with Gasteiger partial charge < -0.3 is 9.84 Å². The summed E-state index contributed by atoms with van der Waals surface area (Å²) < 4.78 is 7.45. The summed E-state index contributed by atoms with van der Waals surface area (Å²) >= 11 is 2.16. The Morgan fingerprint density at radius 2 is 1.84 bits per heavy atom. The number of hydrogen-bond donors (Lipinski definition) is 1. The van der Waals surface area contributed by atoms with E-state index in [0.29, 0.717) is 33.5 Å². The monoisotopic (exact) mass is 538 g/mol. The van der Waals surface area contributed by atoms with Gasteiger partial charge in [0, 0.05) is 9.13 Å². The largest absolute Gasteiger partial charge is 0.507 e. The van der Waals surface area contributed by atoms with Crippen LogP contribution < -0.4 is 5.56 Å². The molecule has 0 unspecified atom stereocenters. The van der Waals surface area contributed by atoms with Gasteiger partial charge in [-0.3, -0.25) is 9.36 Å². The van der Waals surface area contributed by atoms with Crippen LogP contribution in [0.2, 0.25) is 0 Å². The smallest absolute Gasteiger partial charge is 0.338 e. The average molecular weight is 538 g/mol. The zero-order valence-corrected chi connectivity index (χ0v) is 19.3. The minimum absolute atomic E-state index is 0.131. The Morgan fingerprint density at radius 1 is 1.09 bits per heavy atom. The zero-order chi connectivity index (χ0) is 22.7. The van der Waals surface area contributed by atoms with Crippen molar-refractivity contribution in [2.24, 2.45) is 0 Å². The fourth-order valence-corrected chi connectivity index (χ4v) is 3.78. The van der Waals surface area contributed by atoms with Crippen LogP contribution in [0.5, 0.6) is 5.75 Å². The number of phenolic OH excluding ortho intramolecular Hbond substituents is 1. The lowest BCUT2D eigenvalue weighted by Gasteiger charge is -2.12. The Balaban J connectivity index is 1.88. The van der Waals surface area contributed by atoms with Gasteiger partial charge in [0.25, 0.3) is 5.56 Å². The molecule has 7 heteroatoms. The summed E-state index contributed by atoms with van der Waals surface area (Å²) in [4.78, 5) is 30.1. The van der Waals surface area contributed by atoms with Crippen LogP contribution in [0.15, 0.2) is 71.5 Å². The third-order valence-corrected chi connectivity index (χ3v) is 5.51. The van der Waals surface area contributed by atoms with Crippen LogP contribution in [0.25, 0.3) is 28.7 Å². The number of rotatable bonds is 5. The van der Waals surface area contributed by atoms with E-state index >= 15 is 0 Å². The Labute approximate surface area is 198 Å². The van der Waals surface area contributed by atoms with Crippen molar-refractivity contribution < 1.29 is 14.6 Å². The van der Waals surface area contributed by atoms with Crippen molar-refractivity contribution in [3.8, 4) is 11.4 Å². The number of para-hydroxylation sites is 1. The standard InChI is InChI=1S/C25H19IN2O4/c1-2-32-25(31)17-7-11-19(12-8-17)28-23(14-9-16-5-3-4-6-22(16)29)27-21-13-10-18(26)15-20(21)24(28)30/h3-15,29H,2H2,1H3. The Hall–Kier alpha value is -3.46. The van der Waals surface area contributed by atoms with E-state index in [1.807, 2.05) is 18.2 Å². The maximum Gasteiger partial charge on any atom is 0.338 e. The van der Waals surface area contributed by atoms with E-state index in [9.17, 15) is 14.7 Å². The Morgan fingerprint density at radius 3 is 2.56 bits per heavy atom. The summed E-state index contributed by atoms with van der Waals surface area (Å²) in [7, 11) is 0. The SMILES string of the molecule is CCOC(=O)c1ccc(-n2c(C=Cc3ccccc3O)nc3ccc(I)cc3c2=O)cc1. The van der Waals surface area contributed by atoms with Gasteiger partial charge in [-0.2, -0.15) is 0 Å². The highest BCUT2D eigenvalue weighted by Gasteiger charge is 2.13. The molecule has 3 aromatic carbocycles. The maximum atomic E-state index is 13.4. The molecule has 0 radical (unpaired) electrons. The molecule has 32 heavy (non-hydrogen) atoms. The number of hydrogen-bond acceptors (Lipinski definition) is 5. The number of nitrogens with zero attached hydrogens (tertiary/aromatic N) is 2. The van der Waals surface area contributed by atoms with Crippen molar-refractivity contribution in [1.82, 2.24) is 9.55 Å². The topological polar surface area (TPSA) is 81.4 Å². The van der Waals surface area contributed by atoms with Crippen molar-refractivity contribution >= 4 is 51.6 Å². The summed E-state index contributed by atoms with van der Waals surface area (Å²) in [6.07, 6.45) is 3.40. The molecular formula is C25H19IN2O4. The molecule has 0 aliphatic carbocycles. The van der Waals surface area contributed by atoms with E-state index in [-0.39, 0.29) is 17.9 Å². The lowest BCUT2D eigenvalue weighted by atomic mass is 10.1. The summed E-state index contributed by atoms with van der Waals surface area (Å²) in [5.74, 6) is 0.111. The van der Waals surface area contributed by atoms with E-state index < -0.39 is 5.97 Å². The third-order valence-electron chi connectivity index (χ3n) is 4.84. The fourth-order valence-electron chi connectivity index (χ4n) is 3.29. The molecule has 0 aliphatic rings. The number of phenols is 1. The van der Waals surface area contributed by atoms with E-state index in [1.165, 1.54) is 4.57 Å². The minimum Gasteiger partial charge on any atom is -0.507 e. The molecule has 0 atom stereocenters. The van der Waals surface area contributed by atoms with Crippen molar-refractivity contribution in [2.75, 3.05) is 6.61 Å². The first kappa shape index (κ1) is 21.8. The summed E-state index contributed by atoms with van der Waals surface area (Å²) in [5.41, 5.74) is 1.92. The first-order valence-corrected chi connectivity index (χ1v) is 11.0. The number of benzene rings is 3. The number of aromatic hydroxyl groups is 1. The molecule has 0 fully saturated rings. The minimum atomic E-state index is -0.419. The second-order valence-electron chi connectivity index (χ2n) is 6.93. The highest BCUT2D eigenvalue weighted by molar-refractivity contribution is 14.1. The zero-order valence-electron chi connectivity index (χ0n) is 17.2. The number of carbonyl (C=O) groups is 1. The van der Waals surface area contributed by atoms with Gasteiger partial charge in [0.2, 0.25) is 0 Å². The average Bonchev–Trinajstić information content (AvgIpc) is 2.79. The lowest BCUT2D eigenvalue weighted by Crippen LogP contribution is -2.22. The van der Waals surface area contributed by atoms with Gasteiger partial charge in [-0.1, -0.05) is 18.2 Å². The lowest BCUT2D eigenvalue weighted by molar-refractivity contribution is 0.0526. The number of ether oxygens (including phenoxy) is 1. The van der Waals surface area contributed by atoms with Gasteiger partial charge in [-0.05, 0) is 90.2 Å². The van der Waals surface area contributed by atoms with Crippen LogP contribution in [0.4, 0.5) is 0 Å². The molecule has 4 aromatic rings. The van der Waals surface area contributed by atoms with E-state index in [1.54, 1.807) is 67.6 Å². The van der Waals surface area contributed by atoms with Crippen molar-refractivity contribution in [3.63, 3.8) is 0 Å². The molecule has 6 nitrogen and oxygen atoms in total. The highest BCUT2D eigenvalue weighted by atomic mass is 127. The normalized spacial score (nSPS) is 11.2. The number of fused-ring (bicyclic) bond motifs is 1. The molecule has 1 heterocycles. The fraction of sp³-hybridized carbons (Fsp3) is 0.0800. The highest BCUT2D eigenvalue weighted by Crippen LogP contribution is 2.21. The van der Waals surface area contributed by atoms with Crippen LogP contribution in [0.3, 0.4) is 0 Å². The van der Waals surface area contributed by atoms with Crippen molar-refractivity contribution in [1.29, 1.82) is 0 Å². The Kier molecular flexibility index (Phi) is 6.36.